The Balaban J connectivity index is 1.68. The van der Waals surface area contributed by atoms with E-state index in [1.807, 2.05) is 23.9 Å². The fourth-order valence-electron chi connectivity index (χ4n) is 3.84. The van der Waals surface area contributed by atoms with E-state index in [1.54, 1.807) is 0 Å². The van der Waals surface area contributed by atoms with Gasteiger partial charge in [0.15, 0.2) is 0 Å². The predicted molar refractivity (Wildman–Crippen MR) is 123 cm³/mol. The molecule has 0 atom stereocenters. The third-order valence-electron chi connectivity index (χ3n) is 5.62. The summed E-state index contributed by atoms with van der Waals surface area (Å²) in [6.07, 6.45) is 4.33. The molecule has 3 nitrogen and oxygen atoms in total. The molecular weight excluding hydrogens is 342 g/mol. The molecule has 0 saturated carbocycles. The van der Waals surface area contributed by atoms with Crippen LogP contribution in [0.2, 0.25) is 0 Å². The largest absolute Gasteiger partial charge is 0.316 e. The minimum atomic E-state index is 0.0798. The van der Waals surface area contributed by atoms with Crippen LogP contribution in [0.15, 0.2) is 54.6 Å². The second kappa shape index (κ2) is 6.52. The van der Waals surface area contributed by atoms with E-state index in [9.17, 15) is 0 Å². The van der Waals surface area contributed by atoms with Crippen LogP contribution in [0, 0.1) is 5.41 Å². The van der Waals surface area contributed by atoms with Gasteiger partial charge in [-0.2, -0.15) is 0 Å². The van der Waals surface area contributed by atoms with Gasteiger partial charge in [-0.15, -0.1) is 0 Å². The number of nitrogens with zero attached hydrogens (tertiary/aromatic N) is 2. The highest BCUT2D eigenvalue weighted by molar-refractivity contribution is 6.12. The summed E-state index contributed by atoms with van der Waals surface area (Å²) in [4.78, 5) is 3.90. The fraction of sp³-hybridized carbons (Fsp3) is 0.240. The van der Waals surface area contributed by atoms with Gasteiger partial charge in [-0.1, -0.05) is 69.3 Å². The summed E-state index contributed by atoms with van der Waals surface area (Å²) in [7, 11) is 3.93. The molecule has 0 unspecified atom stereocenters. The van der Waals surface area contributed by atoms with Crippen LogP contribution in [0.5, 0.6) is 0 Å². The summed E-state index contributed by atoms with van der Waals surface area (Å²) in [5.74, 6) is 0.444. The number of anilines is 2. The van der Waals surface area contributed by atoms with Gasteiger partial charge in [-0.3, -0.25) is 5.41 Å². The van der Waals surface area contributed by atoms with Crippen LogP contribution in [0.1, 0.15) is 37.5 Å². The average Bonchev–Trinajstić information content (AvgIpc) is 3.12. The lowest BCUT2D eigenvalue weighted by Gasteiger charge is -2.30. The molecule has 0 amide bonds. The van der Waals surface area contributed by atoms with E-state index in [1.165, 1.54) is 27.5 Å². The first kappa shape index (κ1) is 18.3. The Bertz CT molecular complexity index is 1100. The molecular formula is C25H27N3. The minimum Gasteiger partial charge on any atom is -0.316 e. The maximum absolute atomic E-state index is 8.83. The van der Waals surface area contributed by atoms with E-state index < -0.39 is 0 Å². The molecule has 1 N–H and O–H groups in total. The van der Waals surface area contributed by atoms with E-state index in [4.69, 9.17) is 5.41 Å². The van der Waals surface area contributed by atoms with Crippen LogP contribution in [0.4, 0.5) is 11.4 Å². The zero-order valence-corrected chi connectivity index (χ0v) is 17.2. The van der Waals surface area contributed by atoms with Crippen molar-refractivity contribution in [3.8, 4) is 0 Å². The van der Waals surface area contributed by atoms with E-state index in [2.05, 4.69) is 87.5 Å². The molecule has 0 aromatic heterocycles. The molecule has 3 aromatic rings. The highest BCUT2D eigenvalue weighted by Gasteiger charge is 2.21. The number of guanidine groups is 1. The Morgan fingerprint density at radius 2 is 1.61 bits per heavy atom. The molecule has 1 aliphatic rings. The van der Waals surface area contributed by atoms with Crippen molar-refractivity contribution in [3.05, 3.63) is 71.3 Å². The Kier molecular flexibility index (Phi) is 4.26. The third-order valence-corrected chi connectivity index (χ3v) is 5.62. The second-order valence-corrected chi connectivity index (χ2v) is 8.52. The first-order chi connectivity index (χ1) is 13.3. The van der Waals surface area contributed by atoms with Gasteiger partial charge in [0.05, 0.1) is 5.69 Å². The molecule has 28 heavy (non-hydrogen) atoms. The molecule has 0 radical (unpaired) electrons. The van der Waals surface area contributed by atoms with Crippen LogP contribution in [0.3, 0.4) is 0 Å². The average molecular weight is 370 g/mol. The van der Waals surface area contributed by atoms with Crippen LogP contribution in [-0.4, -0.2) is 20.1 Å². The molecule has 3 heteroatoms. The number of hydrogen-bond acceptors (Lipinski definition) is 1. The van der Waals surface area contributed by atoms with Crippen molar-refractivity contribution >= 4 is 40.3 Å². The van der Waals surface area contributed by atoms with Gasteiger partial charge in [-0.05, 0) is 45.5 Å². The van der Waals surface area contributed by atoms with Crippen molar-refractivity contribution in [1.82, 2.24) is 0 Å². The first-order valence-electron chi connectivity index (χ1n) is 9.68. The van der Waals surface area contributed by atoms with Gasteiger partial charge in [0.25, 0.3) is 0 Å². The summed E-state index contributed by atoms with van der Waals surface area (Å²) >= 11 is 0. The van der Waals surface area contributed by atoms with Gasteiger partial charge in [0.2, 0.25) is 5.96 Å². The zero-order chi connectivity index (χ0) is 20.1. The minimum absolute atomic E-state index is 0.0798. The SMILES string of the molecule is CN(C(=N)N(C)c1ccc2cccc3c2c1C=C3)c1cccc(C(C)(C)C)c1. The maximum Gasteiger partial charge on any atom is 0.202 e. The smallest absolute Gasteiger partial charge is 0.202 e. The zero-order valence-electron chi connectivity index (χ0n) is 17.2. The molecule has 0 fully saturated rings. The molecule has 0 heterocycles. The second-order valence-electron chi connectivity index (χ2n) is 8.52. The summed E-state index contributed by atoms with van der Waals surface area (Å²) in [5.41, 5.74) is 5.87. The molecule has 1 aliphatic carbocycles. The topological polar surface area (TPSA) is 30.3 Å². The summed E-state index contributed by atoms with van der Waals surface area (Å²) in [5, 5.41) is 11.3. The highest BCUT2D eigenvalue weighted by Crippen LogP contribution is 2.37. The highest BCUT2D eigenvalue weighted by atomic mass is 15.3. The number of nitrogens with one attached hydrogen (secondary N) is 1. The fourth-order valence-corrected chi connectivity index (χ4v) is 3.84. The molecule has 0 saturated heterocycles. The lowest BCUT2D eigenvalue weighted by molar-refractivity contribution is 0.590. The molecule has 0 spiro atoms. The van der Waals surface area contributed by atoms with Crippen LogP contribution >= 0.6 is 0 Å². The van der Waals surface area contributed by atoms with Crippen LogP contribution in [-0.2, 0) is 5.41 Å². The van der Waals surface area contributed by atoms with Gasteiger partial charge >= 0.3 is 0 Å². The Morgan fingerprint density at radius 3 is 2.36 bits per heavy atom. The first-order valence-corrected chi connectivity index (χ1v) is 9.68. The number of rotatable bonds is 2. The van der Waals surface area contributed by atoms with Crippen LogP contribution < -0.4 is 9.80 Å². The van der Waals surface area contributed by atoms with Crippen molar-refractivity contribution in [2.45, 2.75) is 26.2 Å². The molecule has 0 aliphatic heterocycles. The Labute approximate surface area is 167 Å². The van der Waals surface area contributed by atoms with Gasteiger partial charge in [0.1, 0.15) is 0 Å². The van der Waals surface area contributed by atoms with E-state index in [0.29, 0.717) is 5.96 Å². The van der Waals surface area contributed by atoms with Gasteiger partial charge in [-0.25, -0.2) is 0 Å². The monoisotopic (exact) mass is 369 g/mol. The van der Waals surface area contributed by atoms with Gasteiger partial charge in [0, 0.05) is 25.3 Å². The lowest BCUT2D eigenvalue weighted by atomic mass is 9.87. The van der Waals surface area contributed by atoms with E-state index in [-0.39, 0.29) is 5.41 Å². The molecule has 142 valence electrons. The third kappa shape index (κ3) is 2.97. The molecule has 0 bridgehead atoms. The Hall–Kier alpha value is -3.07. The van der Waals surface area contributed by atoms with Crippen molar-refractivity contribution in [1.29, 1.82) is 5.41 Å². The quantitative estimate of drug-likeness (QED) is 0.340. The number of benzene rings is 3. The van der Waals surface area contributed by atoms with Gasteiger partial charge < -0.3 is 9.80 Å². The molecule has 3 aromatic carbocycles. The van der Waals surface area contributed by atoms with E-state index in [0.717, 1.165) is 11.4 Å². The van der Waals surface area contributed by atoms with E-state index >= 15 is 0 Å². The normalized spacial score (nSPS) is 12.5. The van der Waals surface area contributed by atoms with Crippen molar-refractivity contribution in [2.75, 3.05) is 23.9 Å². The standard InChI is InChI=1S/C25H27N3/c1-25(2,3)19-10-7-11-20(16-19)27(4)24(26)28(5)22-15-13-18-9-6-8-17-12-14-21(22)23(17)18/h6-16,26H,1-5H3. The lowest BCUT2D eigenvalue weighted by Crippen LogP contribution is -2.40. The number of hydrogen-bond donors (Lipinski definition) is 1. The summed E-state index contributed by atoms with van der Waals surface area (Å²) in [6.45, 7) is 6.64. The van der Waals surface area contributed by atoms with Crippen molar-refractivity contribution in [2.24, 2.45) is 0 Å². The predicted octanol–water partition coefficient (Wildman–Crippen LogP) is 6.13. The van der Waals surface area contributed by atoms with Crippen molar-refractivity contribution in [3.63, 3.8) is 0 Å². The van der Waals surface area contributed by atoms with Crippen LogP contribution in [0.25, 0.3) is 22.9 Å². The summed E-state index contributed by atoms with van der Waals surface area (Å²) in [6, 6.07) is 19.1. The van der Waals surface area contributed by atoms with Crippen molar-refractivity contribution < 1.29 is 0 Å². The maximum atomic E-state index is 8.83. The molecule has 4 rings (SSSR count). The summed E-state index contributed by atoms with van der Waals surface area (Å²) < 4.78 is 0. The Morgan fingerprint density at radius 1 is 0.857 bits per heavy atom.